The number of nitrogens with one attached hydrogen (secondary N) is 2. The second-order valence-corrected chi connectivity index (χ2v) is 7.71. The Morgan fingerprint density at radius 1 is 1.36 bits per heavy atom. The van der Waals surface area contributed by atoms with Gasteiger partial charge in [-0.25, -0.2) is 4.98 Å². The Morgan fingerprint density at radius 3 is 2.76 bits per heavy atom. The first-order valence-corrected chi connectivity index (χ1v) is 9.57. The predicted octanol–water partition coefficient (Wildman–Crippen LogP) is 3.21. The van der Waals surface area contributed by atoms with Crippen molar-refractivity contribution in [2.45, 2.75) is 12.8 Å². The van der Waals surface area contributed by atoms with Crippen LogP contribution < -0.4 is 10.6 Å². The van der Waals surface area contributed by atoms with Crippen LogP contribution in [0.5, 0.6) is 0 Å². The van der Waals surface area contributed by atoms with Crippen molar-refractivity contribution >= 4 is 28.8 Å². The topological polar surface area (TPSA) is 63.2 Å². The Hall–Kier alpha value is -1.47. The van der Waals surface area contributed by atoms with Crippen LogP contribution >= 0.6 is 22.9 Å². The number of benzene rings is 1. The van der Waals surface area contributed by atoms with Crippen LogP contribution in [0.3, 0.4) is 0 Å². The number of nitrogens with zero attached hydrogens (tertiary/aromatic N) is 1. The second kappa shape index (κ2) is 8.27. The molecule has 134 valence electrons. The highest BCUT2D eigenvalue weighted by atomic mass is 35.5. The number of aromatic nitrogens is 1. The fourth-order valence-electron chi connectivity index (χ4n) is 3.10. The van der Waals surface area contributed by atoms with Crippen molar-refractivity contribution in [2.24, 2.45) is 5.41 Å². The van der Waals surface area contributed by atoms with E-state index in [1.807, 2.05) is 24.3 Å². The van der Waals surface area contributed by atoms with E-state index in [1.54, 1.807) is 12.5 Å². The third-order valence-electron chi connectivity index (χ3n) is 4.57. The first kappa shape index (κ1) is 18.3. The smallest absolute Gasteiger partial charge is 0.270 e. The number of hydrogen-bond acceptors (Lipinski definition) is 5. The van der Waals surface area contributed by atoms with Gasteiger partial charge in [0, 0.05) is 35.0 Å². The average molecular weight is 380 g/mol. The van der Waals surface area contributed by atoms with Gasteiger partial charge in [-0.05, 0) is 38.1 Å². The van der Waals surface area contributed by atoms with E-state index < -0.39 is 0 Å². The van der Waals surface area contributed by atoms with E-state index in [2.05, 4.69) is 15.6 Å². The lowest BCUT2D eigenvalue weighted by molar-refractivity contribution is 0.0511. The third-order valence-corrected chi connectivity index (χ3v) is 5.71. The number of methoxy groups -OCH3 is 1. The molecular weight excluding hydrogens is 358 g/mol. The Balaban J connectivity index is 1.64. The van der Waals surface area contributed by atoms with E-state index in [4.69, 9.17) is 16.3 Å². The van der Waals surface area contributed by atoms with Crippen molar-refractivity contribution in [1.29, 1.82) is 0 Å². The minimum Gasteiger partial charge on any atom is -0.384 e. The Labute approximate surface area is 156 Å². The van der Waals surface area contributed by atoms with Gasteiger partial charge in [0.05, 0.1) is 6.61 Å². The number of carbonyl (C=O) groups excluding carboxylic acids is 1. The molecule has 1 aromatic heterocycles. The molecule has 7 heteroatoms. The van der Waals surface area contributed by atoms with Crippen LogP contribution in [-0.4, -0.2) is 44.2 Å². The molecule has 0 unspecified atom stereocenters. The minimum absolute atomic E-state index is 0.00465. The van der Waals surface area contributed by atoms with Crippen LogP contribution in [0.2, 0.25) is 5.02 Å². The van der Waals surface area contributed by atoms with Gasteiger partial charge in [-0.15, -0.1) is 11.3 Å². The van der Waals surface area contributed by atoms with Crippen LogP contribution in [0.25, 0.3) is 10.6 Å². The molecule has 1 fully saturated rings. The number of piperidine rings is 1. The van der Waals surface area contributed by atoms with Gasteiger partial charge in [0.25, 0.3) is 5.91 Å². The highest BCUT2D eigenvalue weighted by molar-refractivity contribution is 7.13. The molecule has 1 aliphatic heterocycles. The predicted molar refractivity (Wildman–Crippen MR) is 101 cm³/mol. The van der Waals surface area contributed by atoms with Gasteiger partial charge in [-0.3, -0.25) is 4.79 Å². The molecule has 1 aromatic carbocycles. The fraction of sp³-hybridized carbons (Fsp3) is 0.444. The number of thiazole rings is 1. The van der Waals surface area contributed by atoms with Crippen molar-refractivity contribution in [1.82, 2.24) is 15.6 Å². The van der Waals surface area contributed by atoms with Gasteiger partial charge in [-0.1, -0.05) is 23.7 Å². The molecule has 0 saturated carbocycles. The molecular formula is C18H22ClN3O2S. The number of carbonyl (C=O) groups is 1. The monoisotopic (exact) mass is 379 g/mol. The first-order valence-electron chi connectivity index (χ1n) is 8.31. The molecule has 25 heavy (non-hydrogen) atoms. The normalized spacial score (nSPS) is 16.6. The summed E-state index contributed by atoms with van der Waals surface area (Å²) < 4.78 is 5.39. The van der Waals surface area contributed by atoms with E-state index >= 15 is 0 Å². The number of rotatable bonds is 6. The molecule has 1 aliphatic rings. The molecule has 5 nitrogen and oxygen atoms in total. The van der Waals surface area contributed by atoms with Crippen molar-refractivity contribution < 1.29 is 9.53 Å². The lowest BCUT2D eigenvalue weighted by Gasteiger charge is -2.37. The molecule has 0 bridgehead atoms. The molecule has 2 aromatic rings. The van der Waals surface area contributed by atoms with E-state index in [0.29, 0.717) is 23.9 Å². The maximum absolute atomic E-state index is 12.5. The summed E-state index contributed by atoms with van der Waals surface area (Å²) in [5, 5.41) is 9.69. The fourth-order valence-corrected chi connectivity index (χ4v) is 4.03. The highest BCUT2D eigenvalue weighted by Crippen LogP contribution is 2.29. The van der Waals surface area contributed by atoms with Crippen molar-refractivity contribution in [3.8, 4) is 10.6 Å². The van der Waals surface area contributed by atoms with Crippen LogP contribution in [0, 0.1) is 5.41 Å². The van der Waals surface area contributed by atoms with Gasteiger partial charge < -0.3 is 15.4 Å². The zero-order valence-corrected chi connectivity index (χ0v) is 15.8. The Kier molecular flexibility index (Phi) is 6.06. The van der Waals surface area contributed by atoms with Crippen LogP contribution in [-0.2, 0) is 4.74 Å². The molecule has 2 N–H and O–H groups in total. The van der Waals surface area contributed by atoms with Crippen molar-refractivity contribution in [3.05, 3.63) is 40.4 Å². The Morgan fingerprint density at radius 2 is 2.08 bits per heavy atom. The molecule has 0 radical (unpaired) electrons. The van der Waals surface area contributed by atoms with E-state index in [9.17, 15) is 4.79 Å². The summed E-state index contributed by atoms with van der Waals surface area (Å²) in [4.78, 5) is 17.0. The van der Waals surface area contributed by atoms with E-state index in [0.717, 1.165) is 36.5 Å². The molecule has 0 atom stereocenters. The summed E-state index contributed by atoms with van der Waals surface area (Å²) in [5.41, 5.74) is 1.42. The summed E-state index contributed by atoms with van der Waals surface area (Å²) in [7, 11) is 1.71. The van der Waals surface area contributed by atoms with Crippen molar-refractivity contribution in [3.63, 3.8) is 0 Å². The van der Waals surface area contributed by atoms with E-state index in [1.165, 1.54) is 11.3 Å². The lowest BCUT2D eigenvalue weighted by atomic mass is 9.79. The van der Waals surface area contributed by atoms with Crippen LogP contribution in [0.4, 0.5) is 0 Å². The lowest BCUT2D eigenvalue weighted by Crippen LogP contribution is -2.47. The zero-order valence-electron chi connectivity index (χ0n) is 14.2. The SMILES string of the molecule is COCC1(CNC(=O)c2csc(-c3ccc(Cl)cc3)n2)CCNCC1. The van der Waals surface area contributed by atoms with Gasteiger partial charge in [0.15, 0.2) is 0 Å². The Bertz CT molecular complexity index is 706. The second-order valence-electron chi connectivity index (χ2n) is 6.41. The average Bonchev–Trinajstić information content (AvgIpc) is 3.12. The number of halogens is 1. The number of hydrogen-bond donors (Lipinski definition) is 2. The molecule has 3 rings (SSSR count). The van der Waals surface area contributed by atoms with E-state index in [-0.39, 0.29) is 11.3 Å². The van der Waals surface area contributed by atoms with Gasteiger partial charge >= 0.3 is 0 Å². The minimum atomic E-state index is -0.134. The van der Waals surface area contributed by atoms with Gasteiger partial charge in [-0.2, -0.15) is 0 Å². The summed E-state index contributed by atoms with van der Waals surface area (Å²) in [6, 6.07) is 7.46. The maximum Gasteiger partial charge on any atom is 0.270 e. The molecule has 0 aliphatic carbocycles. The number of ether oxygens (including phenoxy) is 1. The molecule has 2 heterocycles. The quantitative estimate of drug-likeness (QED) is 0.809. The van der Waals surface area contributed by atoms with Crippen molar-refractivity contribution in [2.75, 3.05) is 33.4 Å². The maximum atomic E-state index is 12.5. The number of amides is 1. The standard InChI is InChI=1S/C18H22ClN3O2S/c1-24-12-18(6-8-20-9-7-18)11-21-16(23)15-10-25-17(22-15)13-2-4-14(19)5-3-13/h2-5,10,20H,6-9,11-12H2,1H3,(H,21,23). The first-order chi connectivity index (χ1) is 12.1. The van der Waals surface area contributed by atoms with Crippen LogP contribution in [0.1, 0.15) is 23.3 Å². The summed E-state index contributed by atoms with van der Waals surface area (Å²) in [5.74, 6) is -0.134. The molecule has 1 saturated heterocycles. The van der Waals surface area contributed by atoms with Gasteiger partial charge in [0.2, 0.25) is 0 Å². The largest absolute Gasteiger partial charge is 0.384 e. The molecule has 1 amide bonds. The van der Waals surface area contributed by atoms with Crippen LogP contribution in [0.15, 0.2) is 29.6 Å². The highest BCUT2D eigenvalue weighted by Gasteiger charge is 2.32. The summed E-state index contributed by atoms with van der Waals surface area (Å²) in [6.07, 6.45) is 1.99. The third kappa shape index (κ3) is 4.58. The molecule has 0 spiro atoms. The van der Waals surface area contributed by atoms with Gasteiger partial charge in [0.1, 0.15) is 10.7 Å². The zero-order chi connectivity index (χ0) is 17.7. The summed E-state index contributed by atoms with van der Waals surface area (Å²) >= 11 is 7.37. The summed E-state index contributed by atoms with van der Waals surface area (Å²) in [6.45, 7) is 3.17.